The number of rotatable bonds is 10. The number of aryl methyl sites for hydroxylation is 4. The van der Waals surface area contributed by atoms with Gasteiger partial charge in [0.2, 0.25) is 0 Å². The van der Waals surface area contributed by atoms with E-state index >= 15 is 0 Å². The molecular weight excluding hydrogens is 869 g/mol. The maximum absolute atomic E-state index is 2.57. The summed E-state index contributed by atoms with van der Waals surface area (Å²) in [4.78, 5) is 5.14. The summed E-state index contributed by atoms with van der Waals surface area (Å²) in [5.41, 5.74) is 24.0. The highest BCUT2D eigenvalue weighted by atomic mass is 15.2. The molecule has 0 amide bonds. The summed E-state index contributed by atoms with van der Waals surface area (Å²) in [6.07, 6.45) is 0. The maximum Gasteiger partial charge on any atom is 0.0541 e. The molecule has 0 saturated heterocycles. The molecule has 12 aromatic rings. The lowest BCUT2D eigenvalue weighted by Gasteiger charge is -2.33. The van der Waals surface area contributed by atoms with E-state index in [0.29, 0.717) is 0 Å². The summed E-state index contributed by atoms with van der Waals surface area (Å²) in [6, 6.07) is 85.2. The van der Waals surface area contributed by atoms with E-state index in [-0.39, 0.29) is 0 Å². The zero-order valence-corrected chi connectivity index (χ0v) is 41.8. The Morgan fingerprint density at radius 2 is 0.583 bits per heavy atom. The van der Waals surface area contributed by atoms with Crippen LogP contribution >= 0.6 is 0 Å². The molecule has 0 fully saturated rings. The van der Waals surface area contributed by atoms with Gasteiger partial charge in [0.15, 0.2) is 0 Å². The first-order chi connectivity index (χ1) is 35.2. The molecular formula is C70H56N2. The topological polar surface area (TPSA) is 6.48 Å². The van der Waals surface area contributed by atoms with Gasteiger partial charge in [0.05, 0.1) is 22.7 Å². The Bertz CT molecular complexity index is 3710. The van der Waals surface area contributed by atoms with Gasteiger partial charge in [-0.2, -0.15) is 0 Å². The molecule has 0 radical (unpaired) electrons. The number of hydrogen-bond acceptors (Lipinski definition) is 2. The highest BCUT2D eigenvalue weighted by molar-refractivity contribution is 6.28. The largest absolute Gasteiger partial charge is 0.309 e. The summed E-state index contributed by atoms with van der Waals surface area (Å²) >= 11 is 0. The monoisotopic (exact) mass is 924 g/mol. The summed E-state index contributed by atoms with van der Waals surface area (Å²) in [6.45, 7) is 13.6. The average molecular weight is 925 g/mol. The van der Waals surface area contributed by atoms with Crippen LogP contribution in [-0.4, -0.2) is 0 Å². The second kappa shape index (κ2) is 18.2. The Labute approximate surface area is 424 Å². The highest BCUT2D eigenvalue weighted by Gasteiger charge is 2.27. The zero-order chi connectivity index (χ0) is 49.0. The van der Waals surface area contributed by atoms with Crippen molar-refractivity contribution in [3.8, 4) is 44.5 Å². The van der Waals surface area contributed by atoms with Gasteiger partial charge in [-0.25, -0.2) is 0 Å². The Balaban J connectivity index is 1.14. The third kappa shape index (κ3) is 7.59. The van der Waals surface area contributed by atoms with E-state index in [4.69, 9.17) is 0 Å². The predicted octanol–water partition coefficient (Wildman–Crippen LogP) is 20.0. The molecule has 72 heavy (non-hydrogen) atoms. The van der Waals surface area contributed by atoms with E-state index in [0.717, 1.165) is 22.7 Å². The van der Waals surface area contributed by atoms with E-state index in [1.54, 1.807) is 0 Å². The van der Waals surface area contributed by atoms with Crippen molar-refractivity contribution in [1.82, 2.24) is 0 Å². The lowest BCUT2D eigenvalue weighted by atomic mass is 9.90. The van der Waals surface area contributed by atoms with Crippen molar-refractivity contribution in [2.75, 3.05) is 9.80 Å². The van der Waals surface area contributed by atoms with Gasteiger partial charge in [0, 0.05) is 22.1 Å². The van der Waals surface area contributed by atoms with Gasteiger partial charge in [-0.3, -0.25) is 0 Å². The second-order valence-corrected chi connectivity index (χ2v) is 19.5. The van der Waals surface area contributed by atoms with Crippen LogP contribution in [0.5, 0.6) is 0 Å². The Kier molecular flexibility index (Phi) is 11.3. The normalized spacial score (nSPS) is 11.5. The van der Waals surface area contributed by atoms with Gasteiger partial charge < -0.3 is 9.80 Å². The van der Waals surface area contributed by atoms with Crippen LogP contribution in [0, 0.1) is 41.5 Å². The minimum Gasteiger partial charge on any atom is -0.309 e. The molecule has 12 rings (SSSR count). The molecule has 0 aromatic heterocycles. The Morgan fingerprint density at radius 3 is 0.958 bits per heavy atom. The zero-order valence-electron chi connectivity index (χ0n) is 41.8. The van der Waals surface area contributed by atoms with Gasteiger partial charge in [-0.15, -0.1) is 0 Å². The molecule has 0 saturated carbocycles. The van der Waals surface area contributed by atoms with Crippen molar-refractivity contribution in [2.24, 2.45) is 0 Å². The molecule has 2 nitrogen and oxygen atoms in total. The van der Waals surface area contributed by atoms with Crippen molar-refractivity contribution in [3.63, 3.8) is 0 Å². The molecule has 0 aliphatic carbocycles. The minimum absolute atomic E-state index is 1.15. The van der Waals surface area contributed by atoms with E-state index in [2.05, 4.69) is 282 Å². The molecule has 0 unspecified atom stereocenters. The Hall–Kier alpha value is -8.72. The summed E-state index contributed by atoms with van der Waals surface area (Å²) < 4.78 is 0. The molecule has 0 atom stereocenters. The van der Waals surface area contributed by atoms with Gasteiger partial charge in [0.25, 0.3) is 0 Å². The molecule has 0 N–H and O–H groups in total. The minimum atomic E-state index is 1.15. The molecule has 0 heterocycles. The second-order valence-electron chi connectivity index (χ2n) is 19.5. The van der Waals surface area contributed by atoms with Crippen LogP contribution in [0.25, 0.3) is 76.8 Å². The lowest BCUT2D eigenvalue weighted by Crippen LogP contribution is -2.16. The van der Waals surface area contributed by atoms with E-state index in [9.17, 15) is 0 Å². The van der Waals surface area contributed by atoms with Gasteiger partial charge in [-0.1, -0.05) is 206 Å². The Morgan fingerprint density at radius 1 is 0.250 bits per heavy atom. The summed E-state index contributed by atoms with van der Waals surface area (Å²) in [7, 11) is 0. The van der Waals surface area contributed by atoms with E-state index < -0.39 is 0 Å². The highest BCUT2D eigenvalue weighted by Crippen LogP contribution is 2.52. The lowest BCUT2D eigenvalue weighted by molar-refractivity contribution is 1.21. The SMILES string of the molecule is Cc1ccc(-c2ccccc2)cc1N(c1c(C)ccc(-c2ccccc2)c1C)c1ccc2ccc3c(N(c4cc(-c5ccccc5)ccc4C)c4c(C)ccc(-c5ccccc5)c4C)ccc4ccc1c2c43. The molecule has 0 bridgehead atoms. The maximum atomic E-state index is 2.57. The van der Waals surface area contributed by atoms with Crippen molar-refractivity contribution in [1.29, 1.82) is 0 Å². The quantitative estimate of drug-likeness (QED) is 0.126. The standard InChI is InChI=1S/C70H56N2/c1-45-27-31-57(51-19-11-7-12-20-51)43-65(45)71(69-47(3)29-37-59(49(69)5)53-23-15-9-16-24-53)63-41-35-55-34-40-62-64(42-36-56-33-39-61(63)67(55)68(56)62)72(66-44-58(32-28-46(66)2)52-21-13-8-14-22-52)70-48(4)30-38-60(50(70)6)54-25-17-10-18-26-54/h7-44H,1-6H3. The molecule has 0 spiro atoms. The van der Waals surface area contributed by atoms with Crippen LogP contribution < -0.4 is 9.80 Å². The van der Waals surface area contributed by atoms with Gasteiger partial charge in [0.1, 0.15) is 0 Å². The number of anilines is 6. The third-order valence-corrected chi connectivity index (χ3v) is 15.1. The molecule has 2 heteroatoms. The molecule has 0 aliphatic heterocycles. The fraction of sp³-hybridized carbons (Fsp3) is 0.0857. The van der Waals surface area contributed by atoms with E-state index in [1.807, 2.05) is 0 Å². The van der Waals surface area contributed by atoms with Crippen LogP contribution in [0.1, 0.15) is 33.4 Å². The number of benzene rings is 12. The van der Waals surface area contributed by atoms with Crippen molar-refractivity contribution >= 4 is 66.4 Å². The molecule has 12 aromatic carbocycles. The number of nitrogens with zero attached hydrogens (tertiary/aromatic N) is 2. The van der Waals surface area contributed by atoms with Gasteiger partial charge in [-0.05, 0) is 165 Å². The van der Waals surface area contributed by atoms with Crippen LogP contribution in [0.2, 0.25) is 0 Å². The van der Waals surface area contributed by atoms with Crippen LogP contribution in [0.15, 0.2) is 231 Å². The van der Waals surface area contributed by atoms with Gasteiger partial charge >= 0.3 is 0 Å². The summed E-state index contributed by atoms with van der Waals surface area (Å²) in [5.74, 6) is 0. The first kappa shape index (κ1) is 44.5. The molecule has 346 valence electrons. The van der Waals surface area contributed by atoms with Crippen LogP contribution in [0.3, 0.4) is 0 Å². The number of hydrogen-bond donors (Lipinski definition) is 0. The fourth-order valence-electron chi connectivity index (χ4n) is 11.4. The van der Waals surface area contributed by atoms with Crippen LogP contribution in [-0.2, 0) is 0 Å². The van der Waals surface area contributed by atoms with Crippen molar-refractivity contribution < 1.29 is 0 Å². The van der Waals surface area contributed by atoms with Crippen molar-refractivity contribution in [2.45, 2.75) is 41.5 Å². The summed E-state index contributed by atoms with van der Waals surface area (Å²) in [5, 5.41) is 7.39. The fourth-order valence-corrected chi connectivity index (χ4v) is 11.4. The van der Waals surface area contributed by atoms with Crippen LogP contribution in [0.4, 0.5) is 34.1 Å². The first-order valence-electron chi connectivity index (χ1n) is 25.2. The van der Waals surface area contributed by atoms with E-state index in [1.165, 1.54) is 122 Å². The predicted molar refractivity (Wildman–Crippen MR) is 310 cm³/mol. The molecule has 0 aliphatic rings. The smallest absolute Gasteiger partial charge is 0.0541 e. The van der Waals surface area contributed by atoms with Crippen molar-refractivity contribution in [3.05, 3.63) is 264 Å². The third-order valence-electron chi connectivity index (χ3n) is 15.1. The average Bonchev–Trinajstić information content (AvgIpc) is 3.42. The first-order valence-corrected chi connectivity index (χ1v) is 25.2.